The molecule has 86 valence electrons. The fourth-order valence-corrected chi connectivity index (χ4v) is 1.34. The van der Waals surface area contributed by atoms with Crippen molar-refractivity contribution in [2.45, 2.75) is 25.6 Å². The van der Waals surface area contributed by atoms with Crippen molar-refractivity contribution in [3.05, 3.63) is 0 Å². The maximum Gasteiger partial charge on any atom is 0.0691 e. The minimum Gasteiger partial charge on any atom is -0.395 e. The Morgan fingerprint density at radius 1 is 1.07 bits per heavy atom. The zero-order valence-corrected chi connectivity index (χ0v) is 8.63. The molecule has 0 bridgehead atoms. The molecule has 0 aromatic rings. The van der Waals surface area contributed by atoms with Crippen LogP contribution in [-0.2, 0) is 0 Å². The average molecular weight is 207 g/mol. The number of aliphatic hydroxyl groups excluding tert-OH is 4. The van der Waals surface area contributed by atoms with Crippen molar-refractivity contribution in [3.63, 3.8) is 0 Å². The second kappa shape index (κ2) is 8.14. The highest BCUT2D eigenvalue weighted by Gasteiger charge is 2.12. The van der Waals surface area contributed by atoms with E-state index >= 15 is 0 Å². The summed E-state index contributed by atoms with van der Waals surface area (Å²) in [5.74, 6) is 0. The molecule has 4 N–H and O–H groups in total. The van der Waals surface area contributed by atoms with Crippen LogP contribution in [0.4, 0.5) is 0 Å². The fraction of sp³-hybridized carbons (Fsp3) is 1.00. The molecule has 5 heteroatoms. The molecule has 0 saturated heterocycles. The van der Waals surface area contributed by atoms with Crippen LogP contribution in [0.15, 0.2) is 0 Å². The third-order valence-electron chi connectivity index (χ3n) is 1.91. The molecule has 0 spiro atoms. The molecule has 0 unspecified atom stereocenters. The lowest BCUT2D eigenvalue weighted by atomic mass is 10.1. The highest BCUT2D eigenvalue weighted by Crippen LogP contribution is 2.00. The first-order chi connectivity index (χ1) is 6.60. The Hall–Kier alpha value is -0.200. The summed E-state index contributed by atoms with van der Waals surface area (Å²) in [4.78, 5) is 1.76. The number of nitrogens with zero attached hydrogens (tertiary/aromatic N) is 1. The summed E-state index contributed by atoms with van der Waals surface area (Å²) in [6.45, 7) is 2.84. The van der Waals surface area contributed by atoms with Gasteiger partial charge in [-0.2, -0.15) is 0 Å². The first kappa shape index (κ1) is 13.8. The smallest absolute Gasteiger partial charge is 0.0691 e. The molecule has 0 aliphatic carbocycles. The number of aliphatic hydroxyl groups is 4. The zero-order chi connectivity index (χ0) is 11.0. The van der Waals surface area contributed by atoms with Gasteiger partial charge >= 0.3 is 0 Å². The van der Waals surface area contributed by atoms with Crippen LogP contribution in [0.25, 0.3) is 0 Å². The monoisotopic (exact) mass is 207 g/mol. The Kier molecular flexibility index (Phi) is 8.02. The Bertz CT molecular complexity index is 126. The van der Waals surface area contributed by atoms with Gasteiger partial charge in [-0.15, -0.1) is 0 Å². The Morgan fingerprint density at radius 2 is 1.57 bits per heavy atom. The number of rotatable bonds is 8. The van der Waals surface area contributed by atoms with Crippen LogP contribution in [0.5, 0.6) is 0 Å². The summed E-state index contributed by atoms with van der Waals surface area (Å²) in [5, 5.41) is 35.9. The summed E-state index contributed by atoms with van der Waals surface area (Å²) >= 11 is 0. The average Bonchev–Trinajstić information content (AvgIpc) is 2.03. The minimum absolute atomic E-state index is 0.00139. The van der Waals surface area contributed by atoms with Crippen molar-refractivity contribution in [2.24, 2.45) is 0 Å². The second-order valence-corrected chi connectivity index (χ2v) is 3.49. The lowest BCUT2D eigenvalue weighted by molar-refractivity contribution is 0.0504. The molecular weight excluding hydrogens is 186 g/mol. The molecule has 2 atom stereocenters. The standard InChI is InChI=1S/C9H21NO4/c1-8(13)6-9(14)7-10(2-4-11)3-5-12/h8-9,11-14H,2-7H2,1H3/t8-,9-/m1/s1. The molecule has 0 rings (SSSR count). The van der Waals surface area contributed by atoms with Crippen LogP contribution in [0.3, 0.4) is 0 Å². The van der Waals surface area contributed by atoms with E-state index in [1.54, 1.807) is 11.8 Å². The molecule has 0 amide bonds. The van der Waals surface area contributed by atoms with Crippen LogP contribution in [0, 0.1) is 0 Å². The highest BCUT2D eigenvalue weighted by molar-refractivity contribution is 4.66. The van der Waals surface area contributed by atoms with Crippen LogP contribution in [-0.4, -0.2) is 70.4 Å². The predicted molar refractivity (Wildman–Crippen MR) is 52.9 cm³/mol. The van der Waals surface area contributed by atoms with Crippen LogP contribution < -0.4 is 0 Å². The van der Waals surface area contributed by atoms with Gasteiger partial charge in [-0.05, 0) is 6.92 Å². The van der Waals surface area contributed by atoms with Gasteiger partial charge in [0.05, 0.1) is 25.4 Å². The quantitative estimate of drug-likeness (QED) is 0.385. The summed E-state index contributed by atoms with van der Waals surface area (Å²) in [7, 11) is 0. The summed E-state index contributed by atoms with van der Waals surface area (Å²) in [5.41, 5.74) is 0. The second-order valence-electron chi connectivity index (χ2n) is 3.49. The topological polar surface area (TPSA) is 84.2 Å². The van der Waals surface area contributed by atoms with Gasteiger partial charge in [0.2, 0.25) is 0 Å². The van der Waals surface area contributed by atoms with Crippen LogP contribution in [0.1, 0.15) is 13.3 Å². The van der Waals surface area contributed by atoms with Crippen molar-refractivity contribution in [1.29, 1.82) is 0 Å². The van der Waals surface area contributed by atoms with Crippen molar-refractivity contribution >= 4 is 0 Å². The van der Waals surface area contributed by atoms with E-state index in [1.807, 2.05) is 0 Å². The normalized spacial score (nSPS) is 15.9. The van der Waals surface area contributed by atoms with E-state index in [9.17, 15) is 5.11 Å². The van der Waals surface area contributed by atoms with Gasteiger partial charge < -0.3 is 20.4 Å². The summed E-state index contributed by atoms with van der Waals surface area (Å²) < 4.78 is 0. The van der Waals surface area contributed by atoms with Crippen molar-refractivity contribution < 1.29 is 20.4 Å². The van der Waals surface area contributed by atoms with Gasteiger partial charge in [-0.3, -0.25) is 4.90 Å². The van der Waals surface area contributed by atoms with Gasteiger partial charge in [0.25, 0.3) is 0 Å². The zero-order valence-electron chi connectivity index (χ0n) is 8.63. The minimum atomic E-state index is -0.618. The van der Waals surface area contributed by atoms with E-state index in [2.05, 4.69) is 0 Å². The summed E-state index contributed by atoms with van der Waals surface area (Å²) in [6.07, 6.45) is -0.837. The molecule has 0 aromatic heterocycles. The lowest BCUT2D eigenvalue weighted by Gasteiger charge is -2.23. The maximum atomic E-state index is 9.48. The van der Waals surface area contributed by atoms with Crippen molar-refractivity contribution in [1.82, 2.24) is 4.90 Å². The van der Waals surface area contributed by atoms with E-state index in [-0.39, 0.29) is 13.2 Å². The summed E-state index contributed by atoms with van der Waals surface area (Å²) in [6, 6.07) is 0. The fourth-order valence-electron chi connectivity index (χ4n) is 1.34. The molecule has 0 aliphatic rings. The van der Waals surface area contributed by atoms with Crippen LogP contribution in [0.2, 0.25) is 0 Å². The van der Waals surface area contributed by atoms with Gasteiger partial charge in [0.15, 0.2) is 0 Å². The maximum absolute atomic E-state index is 9.48. The molecule has 0 saturated carbocycles. The first-order valence-corrected chi connectivity index (χ1v) is 4.90. The van der Waals surface area contributed by atoms with E-state index in [0.717, 1.165) is 0 Å². The van der Waals surface area contributed by atoms with Gasteiger partial charge in [-0.1, -0.05) is 0 Å². The molecule has 0 heterocycles. The molecule has 0 radical (unpaired) electrons. The van der Waals surface area contributed by atoms with E-state index < -0.39 is 12.2 Å². The first-order valence-electron chi connectivity index (χ1n) is 4.90. The van der Waals surface area contributed by atoms with E-state index in [4.69, 9.17) is 15.3 Å². The highest BCUT2D eigenvalue weighted by atomic mass is 16.3. The third-order valence-corrected chi connectivity index (χ3v) is 1.91. The van der Waals surface area contributed by atoms with E-state index in [0.29, 0.717) is 26.1 Å². The van der Waals surface area contributed by atoms with Crippen molar-refractivity contribution in [3.8, 4) is 0 Å². The molecule has 0 fully saturated rings. The Balaban J connectivity index is 3.76. The molecular formula is C9H21NO4. The Labute approximate surface area is 84.6 Å². The number of hydrogen-bond donors (Lipinski definition) is 4. The number of hydrogen-bond acceptors (Lipinski definition) is 5. The van der Waals surface area contributed by atoms with Crippen LogP contribution >= 0.6 is 0 Å². The molecule has 0 aliphatic heterocycles. The lowest BCUT2D eigenvalue weighted by Crippen LogP contribution is -2.37. The molecule has 14 heavy (non-hydrogen) atoms. The van der Waals surface area contributed by atoms with E-state index in [1.165, 1.54) is 0 Å². The predicted octanol–water partition coefficient (Wildman–Crippen LogP) is -1.60. The largest absolute Gasteiger partial charge is 0.395 e. The molecule has 0 aromatic carbocycles. The van der Waals surface area contributed by atoms with Gasteiger partial charge in [0.1, 0.15) is 0 Å². The molecule has 5 nitrogen and oxygen atoms in total. The van der Waals surface area contributed by atoms with Crippen molar-refractivity contribution in [2.75, 3.05) is 32.8 Å². The Morgan fingerprint density at radius 3 is 1.93 bits per heavy atom. The van der Waals surface area contributed by atoms with Gasteiger partial charge in [0, 0.05) is 26.1 Å². The SMILES string of the molecule is C[C@@H](O)C[C@@H](O)CN(CCO)CCO. The third kappa shape index (κ3) is 7.23. The van der Waals surface area contributed by atoms with Gasteiger partial charge in [-0.25, -0.2) is 0 Å².